The summed E-state index contributed by atoms with van der Waals surface area (Å²) in [7, 11) is 0. The van der Waals surface area contributed by atoms with Crippen LogP contribution in [0, 0.1) is 0 Å². The van der Waals surface area contributed by atoms with E-state index in [-0.39, 0.29) is 11.5 Å². The zero-order valence-corrected chi connectivity index (χ0v) is 19.7. The van der Waals surface area contributed by atoms with Crippen LogP contribution in [0.1, 0.15) is 38.5 Å². The van der Waals surface area contributed by atoms with Crippen molar-refractivity contribution < 1.29 is 4.74 Å². The number of nitrogens with one attached hydrogen (secondary N) is 1. The van der Waals surface area contributed by atoms with Gasteiger partial charge in [-0.2, -0.15) is 0 Å². The van der Waals surface area contributed by atoms with Crippen molar-refractivity contribution in [3.63, 3.8) is 0 Å². The Balaban J connectivity index is 1.58. The van der Waals surface area contributed by atoms with Gasteiger partial charge in [-0.3, -0.25) is 9.13 Å². The molecular weight excluding hydrogens is 442 g/mol. The number of nitrogen functional groups attached to an aromatic ring is 1. The summed E-state index contributed by atoms with van der Waals surface area (Å²) in [5, 5.41) is 3.45. The Morgan fingerprint density at radius 2 is 1.63 bits per heavy atom. The van der Waals surface area contributed by atoms with Crippen molar-refractivity contribution in [1.82, 2.24) is 24.4 Å². The highest BCUT2D eigenvalue weighted by Crippen LogP contribution is 2.29. The molecule has 5 rings (SSSR count). The second kappa shape index (κ2) is 9.89. The first-order chi connectivity index (χ1) is 17.1. The van der Waals surface area contributed by atoms with E-state index in [4.69, 9.17) is 16.2 Å². The predicted molar refractivity (Wildman–Crippen MR) is 137 cm³/mol. The first kappa shape index (κ1) is 23.1. The third-order valence-electron chi connectivity index (χ3n) is 6.62. The number of rotatable bonds is 4. The van der Waals surface area contributed by atoms with E-state index in [1.165, 1.54) is 6.33 Å². The summed E-state index contributed by atoms with van der Waals surface area (Å²) in [5.74, 6) is 1.63. The molecule has 0 spiro atoms. The lowest BCUT2D eigenvalue weighted by atomic mass is 9.97. The molecule has 0 amide bonds. The fraction of sp³-hybridized carbons (Fsp3) is 0.346. The van der Waals surface area contributed by atoms with Gasteiger partial charge in [-0.15, -0.1) is 0 Å². The van der Waals surface area contributed by atoms with Crippen LogP contribution in [0.4, 0.5) is 5.82 Å². The minimum atomic E-state index is -0.887. The second-order valence-electron chi connectivity index (χ2n) is 9.06. The predicted octanol–water partition coefficient (Wildman–Crippen LogP) is 3.51. The van der Waals surface area contributed by atoms with E-state index in [1.807, 2.05) is 54.6 Å². The average Bonchev–Trinajstić information content (AvgIpc) is 3.18. The normalized spacial score (nSPS) is 19.5. The molecule has 1 atom stereocenters. The zero-order valence-electron chi connectivity index (χ0n) is 19.7. The maximum Gasteiger partial charge on any atom is 0.336 e. The van der Waals surface area contributed by atoms with Gasteiger partial charge in [-0.1, -0.05) is 31.0 Å². The maximum absolute atomic E-state index is 13.9. The van der Waals surface area contributed by atoms with Crippen molar-refractivity contribution in [2.24, 2.45) is 5.73 Å². The van der Waals surface area contributed by atoms with Crippen LogP contribution in [0.3, 0.4) is 0 Å². The Labute approximate surface area is 203 Å². The van der Waals surface area contributed by atoms with Gasteiger partial charge in [0.15, 0.2) is 11.5 Å². The van der Waals surface area contributed by atoms with Gasteiger partial charge in [0.2, 0.25) is 0 Å². The van der Waals surface area contributed by atoms with E-state index in [0.29, 0.717) is 35.4 Å². The van der Waals surface area contributed by atoms with Crippen LogP contribution in [-0.4, -0.2) is 32.2 Å². The van der Waals surface area contributed by atoms with Crippen LogP contribution >= 0.6 is 0 Å². The van der Waals surface area contributed by atoms with Crippen molar-refractivity contribution in [1.29, 1.82) is 0 Å². The minimum Gasteiger partial charge on any atom is -0.457 e. The zero-order chi connectivity index (χ0) is 24.3. The lowest BCUT2D eigenvalue weighted by Crippen LogP contribution is -2.50. The molecule has 2 aromatic heterocycles. The molecule has 0 bridgehead atoms. The number of para-hydroxylation sites is 1. The molecule has 1 unspecified atom stereocenters. The van der Waals surface area contributed by atoms with Gasteiger partial charge in [-0.05, 0) is 75.2 Å². The van der Waals surface area contributed by atoms with Crippen LogP contribution in [0.15, 0.2) is 65.7 Å². The maximum atomic E-state index is 13.9. The standard InChI is InChI=1S/C26H31N7O2/c27-23-22-24(31-18-30-23)33(26(28)14-6-1-2-7-16-29-17-15-26)25(34)32(22)19-10-12-21(13-11-19)35-20-8-4-3-5-9-20/h3-5,8-13,18,29H,1-2,6-7,14-17,28H2,(H2,27,30,31). The molecule has 182 valence electrons. The van der Waals surface area contributed by atoms with E-state index in [9.17, 15) is 4.79 Å². The number of nitrogens with two attached hydrogens (primary N) is 2. The number of ether oxygens (including phenoxy) is 1. The number of hydrogen-bond acceptors (Lipinski definition) is 7. The molecule has 35 heavy (non-hydrogen) atoms. The van der Waals surface area contributed by atoms with E-state index in [2.05, 4.69) is 15.3 Å². The number of anilines is 1. The number of fused-ring (bicyclic) bond motifs is 1. The van der Waals surface area contributed by atoms with Crippen molar-refractivity contribution in [2.75, 3.05) is 18.8 Å². The van der Waals surface area contributed by atoms with Gasteiger partial charge in [0, 0.05) is 0 Å². The quantitative estimate of drug-likeness (QED) is 0.414. The number of imidazole rings is 1. The van der Waals surface area contributed by atoms with Gasteiger partial charge in [0.05, 0.1) is 5.69 Å². The highest BCUT2D eigenvalue weighted by molar-refractivity contribution is 5.84. The summed E-state index contributed by atoms with van der Waals surface area (Å²) < 4.78 is 9.08. The molecule has 4 aromatic rings. The molecule has 1 fully saturated rings. The molecule has 1 aliphatic rings. The molecule has 5 N–H and O–H groups in total. The van der Waals surface area contributed by atoms with Crippen molar-refractivity contribution in [3.05, 3.63) is 71.4 Å². The number of benzene rings is 2. The lowest BCUT2D eigenvalue weighted by molar-refractivity contribution is 0.232. The molecular formula is C26H31N7O2. The first-order valence-corrected chi connectivity index (χ1v) is 12.1. The molecule has 1 aliphatic heterocycles. The van der Waals surface area contributed by atoms with E-state index in [1.54, 1.807) is 9.13 Å². The summed E-state index contributed by atoms with van der Waals surface area (Å²) in [4.78, 5) is 22.6. The van der Waals surface area contributed by atoms with Crippen molar-refractivity contribution in [2.45, 2.75) is 44.2 Å². The highest BCUT2D eigenvalue weighted by atomic mass is 16.5. The summed E-state index contributed by atoms with van der Waals surface area (Å²) in [6, 6.07) is 16.8. The van der Waals surface area contributed by atoms with Gasteiger partial charge >= 0.3 is 5.69 Å². The molecule has 0 aliphatic carbocycles. The average molecular weight is 474 g/mol. The number of nitrogens with zero attached hydrogens (tertiary/aromatic N) is 4. The van der Waals surface area contributed by atoms with Gasteiger partial charge in [0.25, 0.3) is 0 Å². The Kier molecular flexibility index (Phi) is 6.52. The van der Waals surface area contributed by atoms with Crippen LogP contribution in [0.5, 0.6) is 11.5 Å². The summed E-state index contributed by atoms with van der Waals surface area (Å²) in [5.41, 5.74) is 13.7. The monoisotopic (exact) mass is 473 g/mol. The van der Waals surface area contributed by atoms with Crippen LogP contribution < -0.4 is 27.2 Å². The Morgan fingerprint density at radius 3 is 2.43 bits per heavy atom. The Morgan fingerprint density at radius 1 is 0.886 bits per heavy atom. The fourth-order valence-electron chi connectivity index (χ4n) is 4.79. The molecule has 0 saturated carbocycles. The van der Waals surface area contributed by atoms with Gasteiger partial charge < -0.3 is 21.5 Å². The number of aromatic nitrogens is 4. The van der Waals surface area contributed by atoms with Crippen molar-refractivity contribution >= 4 is 17.0 Å². The SMILES string of the molecule is Nc1ncnc2c1n(-c1ccc(Oc3ccccc3)cc1)c(=O)n2C1(N)CCCCCCNCC1. The topological polar surface area (TPSA) is 126 Å². The summed E-state index contributed by atoms with van der Waals surface area (Å²) in [6.45, 7) is 1.68. The first-order valence-electron chi connectivity index (χ1n) is 12.1. The molecule has 0 radical (unpaired) electrons. The van der Waals surface area contributed by atoms with E-state index in [0.717, 1.165) is 44.5 Å². The second-order valence-corrected chi connectivity index (χ2v) is 9.06. The van der Waals surface area contributed by atoms with Crippen LogP contribution in [-0.2, 0) is 5.66 Å². The minimum absolute atomic E-state index is 0.233. The van der Waals surface area contributed by atoms with Crippen LogP contribution in [0.2, 0.25) is 0 Å². The highest BCUT2D eigenvalue weighted by Gasteiger charge is 2.33. The summed E-state index contributed by atoms with van der Waals surface area (Å²) in [6.07, 6.45) is 7.00. The third-order valence-corrected chi connectivity index (χ3v) is 6.62. The van der Waals surface area contributed by atoms with Gasteiger partial charge in [-0.25, -0.2) is 14.8 Å². The van der Waals surface area contributed by atoms with Gasteiger partial charge in [0.1, 0.15) is 29.0 Å². The lowest BCUT2D eigenvalue weighted by Gasteiger charge is -2.31. The van der Waals surface area contributed by atoms with E-state index >= 15 is 0 Å². The smallest absolute Gasteiger partial charge is 0.336 e. The fourth-order valence-corrected chi connectivity index (χ4v) is 4.79. The van der Waals surface area contributed by atoms with Crippen LogP contribution in [0.25, 0.3) is 16.9 Å². The third kappa shape index (κ3) is 4.65. The summed E-state index contributed by atoms with van der Waals surface area (Å²) >= 11 is 0. The number of hydrogen-bond donors (Lipinski definition) is 3. The van der Waals surface area contributed by atoms with E-state index < -0.39 is 5.66 Å². The van der Waals surface area contributed by atoms with Crippen molar-refractivity contribution in [3.8, 4) is 17.2 Å². The molecule has 2 aromatic carbocycles. The molecule has 3 heterocycles. The molecule has 9 nitrogen and oxygen atoms in total. The Bertz CT molecular complexity index is 1340. The Hall–Kier alpha value is -3.69. The largest absolute Gasteiger partial charge is 0.457 e. The molecule has 1 saturated heterocycles. The molecule has 9 heteroatoms.